The minimum absolute atomic E-state index is 0.276. The molecule has 0 atom stereocenters. The number of piperazine rings is 2. The summed E-state index contributed by atoms with van der Waals surface area (Å²) in [5.41, 5.74) is 10.7. The molecule has 10 aromatic rings. The highest BCUT2D eigenvalue weighted by Gasteiger charge is 2.20. The van der Waals surface area contributed by atoms with Gasteiger partial charge in [0.1, 0.15) is 11.4 Å². The molecule has 16 nitrogen and oxygen atoms in total. The molecular weight excluding hydrogens is 893 g/mol. The fourth-order valence-corrected chi connectivity index (χ4v) is 10.2. The molecule has 2 amide bonds. The lowest BCUT2D eigenvalue weighted by Gasteiger charge is -2.26. The van der Waals surface area contributed by atoms with E-state index in [0.717, 1.165) is 109 Å². The number of rotatable bonds is 10. The van der Waals surface area contributed by atoms with Crippen LogP contribution in [0.5, 0.6) is 0 Å². The van der Waals surface area contributed by atoms with Crippen LogP contribution in [-0.2, 0) is 13.1 Å². The van der Waals surface area contributed by atoms with Gasteiger partial charge in [-0.3, -0.25) is 38.2 Å². The van der Waals surface area contributed by atoms with E-state index in [1.165, 1.54) is 23.8 Å². The molecule has 0 spiro atoms. The van der Waals surface area contributed by atoms with Gasteiger partial charge in [0, 0.05) is 111 Å². The van der Waals surface area contributed by atoms with Crippen molar-refractivity contribution in [1.82, 2.24) is 59.1 Å². The lowest BCUT2D eigenvalue weighted by Crippen LogP contribution is -2.43. The molecule has 18 heteroatoms. The molecule has 340 valence electrons. The molecule has 0 saturated carbocycles. The third-order valence-corrected chi connectivity index (χ3v) is 13.8. The first-order valence-corrected chi connectivity index (χ1v) is 24.3. The number of fused-ring (bicyclic) bond motifs is 4. The maximum atomic E-state index is 13.0. The largest absolute Gasteiger partial charge is 0.320 e. The van der Waals surface area contributed by atoms with Crippen molar-refractivity contribution in [1.29, 1.82) is 0 Å². The molecule has 2 saturated heterocycles. The van der Waals surface area contributed by atoms with Crippen molar-refractivity contribution in [3.8, 4) is 22.5 Å². The number of nitrogens with zero attached hydrogens (tertiary/aromatic N) is 10. The van der Waals surface area contributed by atoms with Crippen molar-refractivity contribution in [2.45, 2.75) is 13.1 Å². The van der Waals surface area contributed by atoms with Crippen LogP contribution < -0.4 is 21.3 Å². The van der Waals surface area contributed by atoms with Crippen molar-refractivity contribution < 1.29 is 9.59 Å². The molecule has 4 aromatic carbocycles. The summed E-state index contributed by atoms with van der Waals surface area (Å²) in [5.74, 6) is -0.600. The zero-order valence-electron chi connectivity index (χ0n) is 36.9. The number of amides is 2. The first-order chi connectivity index (χ1) is 33.5. The number of imidazole rings is 2. The summed E-state index contributed by atoms with van der Waals surface area (Å²) in [6.45, 7) is 10.1. The van der Waals surface area contributed by atoms with E-state index in [9.17, 15) is 9.59 Å². The van der Waals surface area contributed by atoms with Crippen molar-refractivity contribution in [2.24, 2.45) is 0 Å². The lowest BCUT2D eigenvalue weighted by molar-refractivity contribution is 0.101. The number of carbonyl (C=O) groups is 2. The highest BCUT2D eigenvalue weighted by Crippen LogP contribution is 2.32. The van der Waals surface area contributed by atoms with Crippen LogP contribution in [0.1, 0.15) is 32.4 Å². The van der Waals surface area contributed by atoms with Crippen molar-refractivity contribution in [2.75, 3.05) is 63.0 Å². The highest BCUT2D eigenvalue weighted by atomic mass is 32.1. The molecule has 0 radical (unpaired) electrons. The first-order valence-electron chi connectivity index (χ1n) is 22.5. The van der Waals surface area contributed by atoms with Gasteiger partial charge >= 0.3 is 0 Å². The van der Waals surface area contributed by atoms with Gasteiger partial charge in [0.2, 0.25) is 0 Å². The van der Waals surface area contributed by atoms with Gasteiger partial charge in [-0.25, -0.2) is 19.9 Å². The Kier molecular flexibility index (Phi) is 12.4. The minimum atomic E-state index is -0.300. The standard InChI is InChI=1S/2C25H23N7OS/c2*33-24(22-13-27-20-7-3-4-8-21(20)28-22)29-19-6-2-1-5-18(19)23-15-32-17(16-34-25(32)30-23)14-31-11-9-26-10-12-31/h2*1-8,13,15-16,26H,9-12,14H2,(H,29,33). The Morgan fingerprint density at radius 3 is 1.35 bits per heavy atom. The maximum absolute atomic E-state index is 13.0. The normalized spacial score (nSPS) is 14.6. The second-order valence-corrected chi connectivity index (χ2v) is 18.2. The Bertz CT molecular complexity index is 3200. The molecule has 2 fully saturated rings. The van der Waals surface area contributed by atoms with Gasteiger partial charge in [-0.15, -0.1) is 22.7 Å². The lowest BCUT2D eigenvalue weighted by atomic mass is 10.1. The number of aromatic nitrogens is 8. The number of hydrogen-bond donors (Lipinski definition) is 4. The van der Waals surface area contributed by atoms with Crippen LogP contribution in [0.4, 0.5) is 11.4 Å². The second kappa shape index (κ2) is 19.5. The molecule has 8 heterocycles. The summed E-state index contributed by atoms with van der Waals surface area (Å²) in [7, 11) is 0. The van der Waals surface area contributed by atoms with Crippen molar-refractivity contribution in [3.05, 3.63) is 155 Å². The average molecular weight is 939 g/mol. The van der Waals surface area contributed by atoms with Crippen LogP contribution in [0.3, 0.4) is 0 Å². The van der Waals surface area contributed by atoms with Crippen molar-refractivity contribution in [3.63, 3.8) is 0 Å². The van der Waals surface area contributed by atoms with E-state index >= 15 is 0 Å². The van der Waals surface area contributed by atoms with E-state index in [0.29, 0.717) is 22.4 Å². The number of hydrogen-bond acceptors (Lipinski definition) is 14. The van der Waals surface area contributed by atoms with Gasteiger partial charge in [-0.1, -0.05) is 60.7 Å². The summed E-state index contributed by atoms with van der Waals surface area (Å²) >= 11 is 3.28. The Morgan fingerprint density at radius 1 is 0.515 bits per heavy atom. The predicted molar refractivity (Wildman–Crippen MR) is 268 cm³/mol. The summed E-state index contributed by atoms with van der Waals surface area (Å²) in [5, 5.41) is 17.2. The molecule has 0 unspecified atom stereocenters. The van der Waals surface area contributed by atoms with Gasteiger partial charge < -0.3 is 21.3 Å². The molecule has 6 aromatic heterocycles. The smallest absolute Gasteiger partial charge is 0.275 e. The molecular formula is C50H46N14O2S2. The molecule has 4 N–H and O–H groups in total. The fraction of sp³-hybridized carbons (Fsp3) is 0.200. The third-order valence-electron chi connectivity index (χ3n) is 12.0. The number of para-hydroxylation sites is 6. The highest BCUT2D eigenvalue weighted by molar-refractivity contribution is 7.15. The third kappa shape index (κ3) is 9.33. The van der Waals surface area contributed by atoms with E-state index < -0.39 is 0 Å². The number of anilines is 2. The Balaban J connectivity index is 0.000000149. The molecule has 12 rings (SSSR count). The number of carbonyl (C=O) groups excluding carboxylic acids is 2. The van der Waals surface area contributed by atoms with Crippen LogP contribution in [0.2, 0.25) is 0 Å². The van der Waals surface area contributed by atoms with E-state index in [1.807, 2.05) is 97.1 Å². The topological polar surface area (TPSA) is 175 Å². The second-order valence-electron chi connectivity index (χ2n) is 16.6. The maximum Gasteiger partial charge on any atom is 0.275 e. The molecule has 2 aliphatic heterocycles. The Hall–Kier alpha value is -7.32. The van der Waals surface area contributed by atoms with E-state index in [1.54, 1.807) is 22.7 Å². The van der Waals surface area contributed by atoms with Crippen molar-refractivity contribution >= 4 is 77.9 Å². The van der Waals surface area contributed by atoms with Crippen LogP contribution in [0.15, 0.2) is 133 Å². The fourth-order valence-electron chi connectivity index (χ4n) is 8.48. The van der Waals surface area contributed by atoms with E-state index in [-0.39, 0.29) is 23.2 Å². The molecule has 0 aliphatic carbocycles. The van der Waals surface area contributed by atoms with Gasteiger partial charge in [0.25, 0.3) is 11.8 Å². The van der Waals surface area contributed by atoms with Gasteiger partial charge in [0.05, 0.1) is 57.2 Å². The average Bonchev–Trinajstić information content (AvgIpc) is 4.19. The molecule has 0 bridgehead atoms. The van der Waals surface area contributed by atoms with Crippen LogP contribution in [-0.4, -0.2) is 113 Å². The van der Waals surface area contributed by atoms with Crippen LogP contribution in [0.25, 0.3) is 54.5 Å². The zero-order chi connectivity index (χ0) is 45.8. The summed E-state index contributed by atoms with van der Waals surface area (Å²) in [6, 6.07) is 30.5. The predicted octanol–water partition coefficient (Wildman–Crippen LogP) is 7.33. The first kappa shape index (κ1) is 43.3. The summed E-state index contributed by atoms with van der Waals surface area (Å²) in [4.78, 5) is 60.1. The van der Waals surface area contributed by atoms with Crippen LogP contribution >= 0.6 is 22.7 Å². The summed E-state index contributed by atoms with van der Waals surface area (Å²) in [6.07, 6.45) is 7.14. The monoisotopic (exact) mass is 938 g/mol. The van der Waals surface area contributed by atoms with Gasteiger partial charge in [-0.2, -0.15) is 0 Å². The Labute approximate surface area is 398 Å². The Morgan fingerprint density at radius 2 is 0.912 bits per heavy atom. The van der Waals surface area contributed by atoms with E-state index in [4.69, 9.17) is 9.97 Å². The van der Waals surface area contributed by atoms with E-state index in [2.05, 4.69) is 83.0 Å². The zero-order valence-corrected chi connectivity index (χ0v) is 38.5. The minimum Gasteiger partial charge on any atom is -0.320 e. The molecule has 2 aliphatic rings. The van der Waals surface area contributed by atoms with Crippen LogP contribution in [0, 0.1) is 0 Å². The van der Waals surface area contributed by atoms with Gasteiger partial charge in [-0.05, 0) is 36.4 Å². The number of thiazole rings is 2. The molecule has 68 heavy (non-hydrogen) atoms. The number of nitrogens with one attached hydrogen (secondary N) is 4. The number of benzene rings is 4. The summed E-state index contributed by atoms with van der Waals surface area (Å²) < 4.78 is 4.32. The van der Waals surface area contributed by atoms with Gasteiger partial charge in [0.15, 0.2) is 9.92 Å². The SMILES string of the molecule is O=C(Nc1ccccc1-c1cn2c(CN3CCNCC3)csc2n1)c1cnc2ccccc2n1.O=C(Nc1ccccc1-c1cn2c(CN3CCNCC3)csc2n1)c1cnc2ccccc2n1. The quantitative estimate of drug-likeness (QED) is 0.108.